The molecule has 2 aliphatic rings. The first kappa shape index (κ1) is 29.8. The smallest absolute Gasteiger partial charge is 0.232 e. The SMILES string of the molecule is COc1cc(N2CCC(N(C)C)C2)c(C)cc1Nc1ncc(C2CC2)c(Nc2ccc3nccnc3c2N(C)S(C)(=O)=O)n1. The van der Waals surface area contributed by atoms with E-state index in [1.54, 1.807) is 19.5 Å². The van der Waals surface area contributed by atoms with Gasteiger partial charge in [0.05, 0.1) is 30.3 Å². The van der Waals surface area contributed by atoms with Gasteiger partial charge in [-0.3, -0.25) is 14.3 Å². The standard InChI is InChI=1S/C31H39N9O3S/c1-19-15-25(27(43-5)16-26(19)40-14-11-21(18-40)38(2)3)36-31-34-17-22(20-7-8-20)30(37-31)35-24-10-9-23-28(33-13-12-32-23)29(24)39(4)44(6,41)42/h9-10,12-13,15-17,20-21H,7-8,11,14,18H2,1-6H3,(H2,34,35,36,37). The minimum absolute atomic E-state index is 0.338. The summed E-state index contributed by atoms with van der Waals surface area (Å²) in [6, 6.07) is 8.30. The number of hydrogen-bond acceptors (Lipinski definition) is 11. The molecule has 0 bridgehead atoms. The van der Waals surface area contributed by atoms with Gasteiger partial charge >= 0.3 is 0 Å². The molecule has 4 aromatic rings. The third-order valence-corrected chi connectivity index (χ3v) is 9.69. The number of nitrogens with zero attached hydrogens (tertiary/aromatic N) is 7. The second-order valence-corrected chi connectivity index (χ2v) is 13.8. The van der Waals surface area contributed by atoms with Crippen molar-refractivity contribution in [1.29, 1.82) is 0 Å². The van der Waals surface area contributed by atoms with Crippen LogP contribution in [0.3, 0.4) is 0 Å². The summed E-state index contributed by atoms with van der Waals surface area (Å²) in [6.07, 6.45) is 9.36. The Morgan fingerprint density at radius 2 is 1.77 bits per heavy atom. The van der Waals surface area contributed by atoms with Crippen LogP contribution in [0.2, 0.25) is 0 Å². The Bertz CT molecular complexity index is 1810. The molecule has 2 N–H and O–H groups in total. The van der Waals surface area contributed by atoms with Crippen LogP contribution in [0.25, 0.3) is 11.0 Å². The van der Waals surface area contributed by atoms with E-state index < -0.39 is 10.0 Å². The Kier molecular flexibility index (Phi) is 7.93. The van der Waals surface area contributed by atoms with E-state index in [1.165, 1.54) is 17.6 Å². The Balaban J connectivity index is 1.35. The molecule has 2 aromatic carbocycles. The monoisotopic (exact) mass is 617 g/mol. The average Bonchev–Trinajstić information content (AvgIpc) is 3.71. The first-order valence-electron chi connectivity index (χ1n) is 14.7. The minimum Gasteiger partial charge on any atom is -0.494 e. The zero-order valence-corrected chi connectivity index (χ0v) is 26.8. The highest BCUT2D eigenvalue weighted by molar-refractivity contribution is 7.92. The van der Waals surface area contributed by atoms with Crippen LogP contribution in [0.1, 0.15) is 36.3 Å². The van der Waals surface area contributed by atoms with Crippen LogP contribution >= 0.6 is 0 Å². The van der Waals surface area contributed by atoms with Gasteiger partial charge in [-0.15, -0.1) is 0 Å². The fourth-order valence-corrected chi connectivity index (χ4v) is 6.28. The van der Waals surface area contributed by atoms with Gasteiger partial charge in [-0.05, 0) is 70.0 Å². The topological polar surface area (TPSA) is 129 Å². The first-order valence-corrected chi connectivity index (χ1v) is 16.6. The van der Waals surface area contributed by atoms with E-state index in [4.69, 9.17) is 9.72 Å². The number of nitrogens with one attached hydrogen (secondary N) is 2. The van der Waals surface area contributed by atoms with Crippen LogP contribution in [0, 0.1) is 6.92 Å². The molecule has 13 heteroatoms. The lowest BCUT2D eigenvalue weighted by Gasteiger charge is -2.25. The van der Waals surface area contributed by atoms with Crippen LogP contribution < -0.4 is 24.6 Å². The molecule has 1 saturated heterocycles. The number of likely N-dealkylation sites (N-methyl/N-ethyl adjacent to an activating group) is 1. The summed E-state index contributed by atoms with van der Waals surface area (Å²) < 4.78 is 32.4. The molecule has 12 nitrogen and oxygen atoms in total. The molecule has 0 radical (unpaired) electrons. The summed E-state index contributed by atoms with van der Waals surface area (Å²) in [4.78, 5) is 23.1. The van der Waals surface area contributed by atoms with Gasteiger partial charge in [0.1, 0.15) is 22.8 Å². The van der Waals surface area contributed by atoms with Crippen LogP contribution in [-0.4, -0.2) is 86.9 Å². The fraction of sp³-hybridized carbons (Fsp3) is 0.419. The lowest BCUT2D eigenvalue weighted by Crippen LogP contribution is -2.31. The summed E-state index contributed by atoms with van der Waals surface area (Å²) in [6.45, 7) is 4.08. The molecule has 6 rings (SSSR count). The molecule has 0 amide bonds. The number of aryl methyl sites for hydroxylation is 1. The molecule has 232 valence electrons. The number of methoxy groups -OCH3 is 1. The molecule has 1 unspecified atom stereocenters. The zero-order valence-electron chi connectivity index (χ0n) is 26.0. The lowest BCUT2D eigenvalue weighted by molar-refractivity contribution is 0.315. The number of ether oxygens (including phenoxy) is 1. The highest BCUT2D eigenvalue weighted by Crippen LogP contribution is 2.45. The van der Waals surface area contributed by atoms with Crippen molar-refractivity contribution in [2.24, 2.45) is 0 Å². The predicted molar refractivity (Wildman–Crippen MR) is 175 cm³/mol. The largest absolute Gasteiger partial charge is 0.494 e. The second-order valence-electron chi connectivity index (χ2n) is 11.8. The van der Waals surface area contributed by atoms with E-state index in [9.17, 15) is 8.42 Å². The Morgan fingerprint density at radius 1 is 1.00 bits per heavy atom. The number of aromatic nitrogens is 4. The molecule has 1 atom stereocenters. The van der Waals surface area contributed by atoms with Gasteiger partial charge < -0.3 is 25.2 Å². The molecule has 1 saturated carbocycles. The van der Waals surface area contributed by atoms with Gasteiger partial charge in [-0.1, -0.05) is 0 Å². The summed E-state index contributed by atoms with van der Waals surface area (Å²) in [7, 11) is 3.85. The van der Waals surface area contributed by atoms with Crippen LogP contribution in [0.5, 0.6) is 5.75 Å². The maximum Gasteiger partial charge on any atom is 0.232 e. The highest BCUT2D eigenvalue weighted by atomic mass is 32.2. The van der Waals surface area contributed by atoms with E-state index >= 15 is 0 Å². The molecule has 2 fully saturated rings. The van der Waals surface area contributed by atoms with Crippen molar-refractivity contribution < 1.29 is 13.2 Å². The maximum absolute atomic E-state index is 12.7. The lowest BCUT2D eigenvalue weighted by atomic mass is 10.1. The number of benzene rings is 2. The second kappa shape index (κ2) is 11.7. The van der Waals surface area contributed by atoms with Crippen LogP contribution in [-0.2, 0) is 10.0 Å². The van der Waals surface area contributed by atoms with E-state index in [1.807, 2.05) is 18.3 Å². The van der Waals surface area contributed by atoms with Crippen LogP contribution in [0.15, 0.2) is 42.9 Å². The molecule has 2 aromatic heterocycles. The van der Waals surface area contributed by atoms with Crippen molar-refractivity contribution in [3.8, 4) is 5.75 Å². The van der Waals surface area contributed by atoms with Crippen LogP contribution in [0.4, 0.5) is 34.5 Å². The van der Waals surface area contributed by atoms with Gasteiger partial charge in [-0.2, -0.15) is 4.98 Å². The van der Waals surface area contributed by atoms with Crippen molar-refractivity contribution in [2.45, 2.75) is 38.1 Å². The van der Waals surface area contributed by atoms with Gasteiger partial charge in [0, 0.05) is 62.1 Å². The number of rotatable bonds is 10. The quantitative estimate of drug-likeness (QED) is 0.258. The molecular weight excluding hydrogens is 578 g/mol. The van der Waals surface area contributed by atoms with Crippen molar-refractivity contribution >= 4 is 55.6 Å². The van der Waals surface area contributed by atoms with Crippen molar-refractivity contribution in [3.63, 3.8) is 0 Å². The zero-order chi connectivity index (χ0) is 31.2. The third-order valence-electron chi connectivity index (χ3n) is 8.51. The summed E-state index contributed by atoms with van der Waals surface area (Å²) in [5.74, 6) is 2.05. The normalized spacial score (nSPS) is 16.9. The van der Waals surface area contributed by atoms with E-state index in [2.05, 4.69) is 68.5 Å². The Labute approximate surface area is 258 Å². The molecule has 44 heavy (non-hydrogen) atoms. The number of fused-ring (bicyclic) bond motifs is 1. The summed E-state index contributed by atoms with van der Waals surface area (Å²) >= 11 is 0. The number of sulfonamides is 1. The molecule has 1 aliphatic heterocycles. The highest BCUT2D eigenvalue weighted by Gasteiger charge is 2.30. The number of hydrogen-bond donors (Lipinski definition) is 2. The molecule has 0 spiro atoms. The third kappa shape index (κ3) is 5.93. The molecule has 3 heterocycles. The maximum atomic E-state index is 12.7. The van der Waals surface area contributed by atoms with Crippen molar-refractivity contribution in [3.05, 3.63) is 54.0 Å². The Morgan fingerprint density at radius 3 is 2.45 bits per heavy atom. The Hall–Kier alpha value is -4.23. The van der Waals surface area contributed by atoms with Gasteiger partial charge in [0.2, 0.25) is 16.0 Å². The predicted octanol–water partition coefficient (Wildman–Crippen LogP) is 4.64. The number of anilines is 6. The molecular formula is C31H39N9O3S. The molecule has 1 aliphatic carbocycles. The van der Waals surface area contributed by atoms with E-state index in [0.29, 0.717) is 51.9 Å². The summed E-state index contributed by atoms with van der Waals surface area (Å²) in [5.41, 5.74) is 6.05. The van der Waals surface area contributed by atoms with Gasteiger partial charge in [0.15, 0.2) is 0 Å². The first-order chi connectivity index (χ1) is 21.0. The average molecular weight is 618 g/mol. The van der Waals surface area contributed by atoms with E-state index in [-0.39, 0.29) is 0 Å². The fourth-order valence-electron chi connectivity index (χ4n) is 5.77. The van der Waals surface area contributed by atoms with Gasteiger partial charge in [-0.25, -0.2) is 13.4 Å². The minimum atomic E-state index is -3.59. The van der Waals surface area contributed by atoms with E-state index in [0.717, 1.165) is 54.9 Å². The summed E-state index contributed by atoms with van der Waals surface area (Å²) in [5, 5.41) is 6.80. The van der Waals surface area contributed by atoms with Crippen molar-refractivity contribution in [1.82, 2.24) is 24.8 Å². The van der Waals surface area contributed by atoms with Gasteiger partial charge in [0.25, 0.3) is 0 Å². The van der Waals surface area contributed by atoms with Crippen molar-refractivity contribution in [2.75, 3.05) is 67.4 Å².